The number of thioether (sulfide) groups is 1. The zero-order valence-corrected chi connectivity index (χ0v) is 17.5. The van der Waals surface area contributed by atoms with E-state index in [1.807, 2.05) is 6.07 Å². The minimum absolute atomic E-state index is 0.167. The fourth-order valence-corrected chi connectivity index (χ4v) is 5.22. The molecule has 2 atom stereocenters. The summed E-state index contributed by atoms with van der Waals surface area (Å²) in [5.74, 6) is 0.708. The highest BCUT2D eigenvalue weighted by atomic mass is 32.2. The maximum atomic E-state index is 13.2. The third-order valence-electron chi connectivity index (χ3n) is 5.07. The molecule has 4 rings (SSSR count). The molecule has 2 aliphatic heterocycles. The van der Waals surface area contributed by atoms with E-state index < -0.39 is 6.04 Å². The van der Waals surface area contributed by atoms with Crippen LogP contribution in [0.3, 0.4) is 0 Å². The first-order valence-corrected chi connectivity index (χ1v) is 10.4. The number of nitrogens with one attached hydrogen (secondary N) is 2. The first kappa shape index (κ1) is 20.1. The Morgan fingerprint density at radius 2 is 1.70 bits per heavy atom. The van der Waals surface area contributed by atoms with Crippen LogP contribution in [0.4, 0.5) is 11.4 Å². The van der Waals surface area contributed by atoms with E-state index in [0.717, 1.165) is 5.56 Å². The van der Waals surface area contributed by atoms with E-state index in [1.165, 1.54) is 21.1 Å². The van der Waals surface area contributed by atoms with Gasteiger partial charge in [-0.05, 0) is 30.3 Å². The number of methoxy groups -OCH3 is 2. The van der Waals surface area contributed by atoms with Gasteiger partial charge < -0.3 is 25.0 Å². The van der Waals surface area contributed by atoms with Crippen LogP contribution < -0.4 is 20.1 Å². The zero-order valence-electron chi connectivity index (χ0n) is 16.7. The summed E-state index contributed by atoms with van der Waals surface area (Å²) >= 11 is 1.55. The number of carbonyl (C=O) groups excluding carboxylic acids is 3. The first-order chi connectivity index (χ1) is 14.4. The number of anilines is 2. The van der Waals surface area contributed by atoms with Crippen LogP contribution in [0.25, 0.3) is 0 Å². The highest BCUT2D eigenvalue weighted by Gasteiger charge is 2.50. The lowest BCUT2D eigenvalue weighted by atomic mass is 10.1. The number of benzene rings is 2. The van der Waals surface area contributed by atoms with Gasteiger partial charge in [-0.2, -0.15) is 0 Å². The van der Waals surface area contributed by atoms with Crippen molar-refractivity contribution in [3.05, 3.63) is 47.5 Å². The Balaban J connectivity index is 1.54. The lowest BCUT2D eigenvalue weighted by Crippen LogP contribution is -2.42. The van der Waals surface area contributed by atoms with Crippen molar-refractivity contribution in [3.63, 3.8) is 0 Å². The topological polar surface area (TPSA) is 97.0 Å². The summed E-state index contributed by atoms with van der Waals surface area (Å²) < 4.78 is 10.7. The number of ether oxygens (including phenoxy) is 2. The van der Waals surface area contributed by atoms with E-state index in [4.69, 9.17) is 9.47 Å². The molecule has 2 heterocycles. The SMILES string of the molecule is COc1ccc2c(c1OC)C(=O)N1[C@@H]2SC[C@H]1C(=O)Nc1ccc(NC(C)=O)cc1. The van der Waals surface area contributed by atoms with Crippen LogP contribution in [0.1, 0.15) is 28.2 Å². The van der Waals surface area contributed by atoms with Crippen LogP contribution in [-0.4, -0.2) is 48.6 Å². The van der Waals surface area contributed by atoms with Gasteiger partial charge in [0, 0.05) is 29.6 Å². The molecule has 0 aliphatic carbocycles. The normalized spacial score (nSPS) is 19.2. The molecule has 2 aromatic carbocycles. The molecule has 9 heteroatoms. The quantitative estimate of drug-likeness (QED) is 0.762. The van der Waals surface area contributed by atoms with Gasteiger partial charge in [-0.3, -0.25) is 14.4 Å². The second-order valence-electron chi connectivity index (χ2n) is 6.93. The predicted molar refractivity (Wildman–Crippen MR) is 114 cm³/mol. The van der Waals surface area contributed by atoms with Gasteiger partial charge in [0.15, 0.2) is 11.5 Å². The summed E-state index contributed by atoms with van der Waals surface area (Å²) in [6.45, 7) is 1.43. The van der Waals surface area contributed by atoms with E-state index in [1.54, 1.807) is 47.0 Å². The lowest BCUT2D eigenvalue weighted by molar-refractivity contribution is -0.119. The molecule has 1 fully saturated rings. The molecular weight excluding hydrogens is 406 g/mol. The van der Waals surface area contributed by atoms with Crippen molar-refractivity contribution in [1.29, 1.82) is 0 Å². The Morgan fingerprint density at radius 3 is 2.30 bits per heavy atom. The maximum absolute atomic E-state index is 13.2. The number of fused-ring (bicyclic) bond motifs is 3. The summed E-state index contributed by atoms with van der Waals surface area (Å²) in [7, 11) is 3.02. The second-order valence-corrected chi connectivity index (χ2v) is 8.04. The van der Waals surface area contributed by atoms with Gasteiger partial charge in [-0.15, -0.1) is 11.8 Å². The molecule has 2 aliphatic rings. The molecule has 156 valence electrons. The molecule has 0 spiro atoms. The van der Waals surface area contributed by atoms with E-state index in [9.17, 15) is 14.4 Å². The van der Waals surface area contributed by atoms with Crippen LogP contribution in [0.2, 0.25) is 0 Å². The van der Waals surface area contributed by atoms with Crippen molar-refractivity contribution >= 4 is 40.9 Å². The summed E-state index contributed by atoms with van der Waals surface area (Å²) in [6, 6.07) is 9.85. The highest BCUT2D eigenvalue weighted by Crippen LogP contribution is 2.52. The van der Waals surface area contributed by atoms with Crippen LogP contribution >= 0.6 is 11.8 Å². The molecule has 0 saturated carbocycles. The maximum Gasteiger partial charge on any atom is 0.260 e. The molecule has 0 unspecified atom stereocenters. The van der Waals surface area contributed by atoms with Crippen LogP contribution in [0, 0.1) is 0 Å². The molecule has 3 amide bonds. The number of nitrogens with zero attached hydrogens (tertiary/aromatic N) is 1. The molecule has 2 aromatic rings. The molecule has 1 saturated heterocycles. The smallest absolute Gasteiger partial charge is 0.260 e. The molecular formula is C21H21N3O5S. The minimum Gasteiger partial charge on any atom is -0.493 e. The van der Waals surface area contributed by atoms with Crippen LogP contribution in [0.5, 0.6) is 11.5 Å². The monoisotopic (exact) mass is 427 g/mol. The fraction of sp³-hybridized carbons (Fsp3) is 0.286. The van der Waals surface area contributed by atoms with E-state index in [0.29, 0.717) is 34.2 Å². The van der Waals surface area contributed by atoms with Crippen molar-refractivity contribution < 1.29 is 23.9 Å². The van der Waals surface area contributed by atoms with Crippen molar-refractivity contribution in [2.24, 2.45) is 0 Å². The van der Waals surface area contributed by atoms with E-state index in [2.05, 4.69) is 10.6 Å². The van der Waals surface area contributed by atoms with Crippen molar-refractivity contribution in [2.45, 2.75) is 18.3 Å². The van der Waals surface area contributed by atoms with Gasteiger partial charge in [-0.25, -0.2) is 0 Å². The standard InChI is InChI=1S/C21H21N3O5S/c1-11(25)22-12-4-6-13(7-5-12)23-19(26)15-10-30-21-14-8-9-16(28-2)18(29-3)17(14)20(27)24(15)21/h4-9,15,21H,10H2,1-3H3,(H,22,25)(H,23,26)/t15-,21+/m0/s1. The average Bonchev–Trinajstić information content (AvgIpc) is 3.28. The Hall–Kier alpha value is -3.20. The number of carbonyl (C=O) groups is 3. The molecule has 30 heavy (non-hydrogen) atoms. The van der Waals surface area contributed by atoms with Crippen molar-refractivity contribution in [1.82, 2.24) is 4.90 Å². The molecule has 0 bridgehead atoms. The number of amides is 3. The first-order valence-electron chi connectivity index (χ1n) is 9.32. The summed E-state index contributed by atoms with van der Waals surface area (Å²) in [6.07, 6.45) is 0. The molecule has 0 aromatic heterocycles. The summed E-state index contributed by atoms with van der Waals surface area (Å²) in [4.78, 5) is 38.9. The van der Waals surface area contributed by atoms with Gasteiger partial charge in [0.25, 0.3) is 5.91 Å². The summed E-state index contributed by atoms with van der Waals surface area (Å²) in [5.41, 5.74) is 2.51. The Kier molecular flexibility index (Phi) is 5.29. The van der Waals surface area contributed by atoms with Crippen LogP contribution in [0.15, 0.2) is 36.4 Å². The second kappa shape index (κ2) is 7.91. The van der Waals surface area contributed by atoms with Gasteiger partial charge in [0.2, 0.25) is 11.8 Å². The molecule has 8 nitrogen and oxygen atoms in total. The molecule has 0 radical (unpaired) electrons. The van der Waals surface area contributed by atoms with Crippen LogP contribution in [-0.2, 0) is 9.59 Å². The van der Waals surface area contributed by atoms with E-state index >= 15 is 0 Å². The van der Waals surface area contributed by atoms with Crippen molar-refractivity contribution in [2.75, 3.05) is 30.6 Å². The lowest BCUT2D eigenvalue weighted by Gasteiger charge is -2.22. The number of hydrogen-bond donors (Lipinski definition) is 2. The zero-order chi connectivity index (χ0) is 21.4. The van der Waals surface area contributed by atoms with Gasteiger partial charge in [0.1, 0.15) is 11.4 Å². The van der Waals surface area contributed by atoms with Gasteiger partial charge in [0.05, 0.1) is 19.8 Å². The third kappa shape index (κ3) is 3.35. The minimum atomic E-state index is -0.606. The van der Waals surface area contributed by atoms with Crippen molar-refractivity contribution in [3.8, 4) is 11.5 Å². The van der Waals surface area contributed by atoms with Gasteiger partial charge >= 0.3 is 0 Å². The van der Waals surface area contributed by atoms with E-state index in [-0.39, 0.29) is 23.1 Å². The summed E-state index contributed by atoms with van der Waals surface area (Å²) in [5, 5.41) is 5.31. The Bertz CT molecular complexity index is 1020. The Labute approximate surface area is 177 Å². The third-order valence-corrected chi connectivity index (χ3v) is 6.37. The predicted octanol–water partition coefficient (Wildman–Crippen LogP) is 2.87. The number of hydrogen-bond acceptors (Lipinski definition) is 6. The molecule has 2 N–H and O–H groups in total. The largest absolute Gasteiger partial charge is 0.493 e. The fourth-order valence-electron chi connectivity index (χ4n) is 3.76. The highest BCUT2D eigenvalue weighted by molar-refractivity contribution is 7.99. The number of rotatable bonds is 5. The Morgan fingerprint density at radius 1 is 1.03 bits per heavy atom. The average molecular weight is 427 g/mol. The van der Waals surface area contributed by atoms with Gasteiger partial charge in [-0.1, -0.05) is 6.07 Å².